The molecule has 0 unspecified atom stereocenters. The van der Waals surface area contributed by atoms with Gasteiger partial charge in [-0.25, -0.2) is 13.2 Å². The van der Waals surface area contributed by atoms with Crippen LogP contribution >= 0.6 is 11.6 Å². The molecule has 20 heteroatoms. The molecule has 4 aliphatic rings. The Labute approximate surface area is 357 Å². The fraction of sp³-hybridized carbons (Fsp3) is 0.634. The minimum Gasteiger partial charge on any atom is -0.475 e. The third-order valence-electron chi connectivity index (χ3n) is 12.1. The van der Waals surface area contributed by atoms with E-state index in [4.69, 9.17) is 30.5 Å². The predicted molar refractivity (Wildman–Crippen MR) is 217 cm³/mol. The predicted octanol–water partition coefficient (Wildman–Crippen LogP) is 5.58. The lowest BCUT2D eigenvalue weighted by Gasteiger charge is -2.34. The number of pyridine rings is 1. The van der Waals surface area contributed by atoms with Crippen molar-refractivity contribution in [2.45, 2.75) is 120 Å². The maximum atomic E-state index is 14.9. The number of nitrogens with zero attached hydrogens (tertiary/aromatic N) is 2. The number of amides is 4. The lowest BCUT2D eigenvalue weighted by molar-refractivity contribution is -0.244. The van der Waals surface area contributed by atoms with Crippen LogP contribution in [0.15, 0.2) is 36.4 Å². The molecule has 15 nitrogen and oxygen atoms in total. The van der Waals surface area contributed by atoms with Crippen molar-refractivity contribution >= 4 is 56.2 Å². The van der Waals surface area contributed by atoms with Crippen molar-refractivity contribution in [2.75, 3.05) is 26.9 Å². The Hall–Kier alpha value is -4.36. The summed E-state index contributed by atoms with van der Waals surface area (Å²) >= 11 is 6.56. The van der Waals surface area contributed by atoms with Gasteiger partial charge in [-0.2, -0.15) is 18.2 Å². The second-order valence-electron chi connectivity index (χ2n) is 17.4. The summed E-state index contributed by atoms with van der Waals surface area (Å²) < 4.78 is 91.0. The number of hydrogen-bond donors (Lipinski definition) is 3. The highest BCUT2D eigenvalue weighted by Gasteiger charge is 2.63. The van der Waals surface area contributed by atoms with E-state index in [9.17, 15) is 40.8 Å². The van der Waals surface area contributed by atoms with Gasteiger partial charge in [0.05, 0.1) is 17.9 Å². The first-order valence-corrected chi connectivity index (χ1v) is 22.2. The molecule has 0 spiro atoms. The van der Waals surface area contributed by atoms with Crippen LogP contribution in [-0.2, 0) is 33.9 Å². The normalized spacial score (nSPS) is 28.6. The summed E-state index contributed by atoms with van der Waals surface area (Å²) in [6.07, 6.45) is -1.64. The van der Waals surface area contributed by atoms with Crippen molar-refractivity contribution in [3.63, 3.8) is 0 Å². The number of ether oxygens (including phenoxy) is 4. The molecule has 6 rings (SSSR count). The van der Waals surface area contributed by atoms with Gasteiger partial charge in [0.1, 0.15) is 30.3 Å². The first kappa shape index (κ1) is 46.2. The van der Waals surface area contributed by atoms with Crippen LogP contribution in [0, 0.1) is 17.8 Å². The van der Waals surface area contributed by atoms with E-state index >= 15 is 0 Å². The van der Waals surface area contributed by atoms with Gasteiger partial charge in [0, 0.05) is 41.3 Å². The topological polar surface area (TPSA) is 192 Å². The van der Waals surface area contributed by atoms with Crippen LogP contribution in [0.3, 0.4) is 0 Å². The molecule has 3 heterocycles. The molecule has 0 radical (unpaired) electrons. The molecule has 2 aliphatic carbocycles. The minimum absolute atomic E-state index is 0.0593. The molecular formula is C41H53ClF3N5O10S. The van der Waals surface area contributed by atoms with E-state index in [0.717, 1.165) is 4.90 Å². The Morgan fingerprint density at radius 1 is 1.10 bits per heavy atom. The summed E-state index contributed by atoms with van der Waals surface area (Å²) in [6, 6.07) is 3.85. The molecule has 3 fully saturated rings. The Morgan fingerprint density at radius 3 is 2.49 bits per heavy atom. The van der Waals surface area contributed by atoms with Gasteiger partial charge in [0.25, 0.3) is 5.91 Å². The quantitative estimate of drug-likeness (QED) is 0.189. The van der Waals surface area contributed by atoms with Crippen molar-refractivity contribution < 1.29 is 59.7 Å². The van der Waals surface area contributed by atoms with Crippen molar-refractivity contribution in [3.8, 4) is 11.8 Å². The number of halogens is 4. The summed E-state index contributed by atoms with van der Waals surface area (Å²) in [4.78, 5) is 62.3. The fourth-order valence-corrected chi connectivity index (χ4v) is 9.32. The largest absolute Gasteiger partial charge is 0.475 e. The van der Waals surface area contributed by atoms with E-state index in [2.05, 4.69) is 20.3 Å². The molecular weight excluding hydrogens is 847 g/mol. The number of benzene rings is 1. The number of allylic oxidation sites excluding steroid dienone is 1. The number of alkyl carbamates (subject to hydrolysis) is 1. The monoisotopic (exact) mass is 899 g/mol. The molecule has 336 valence electrons. The smallest absolute Gasteiger partial charge is 0.427 e. The van der Waals surface area contributed by atoms with Crippen LogP contribution in [-0.4, -0.2) is 109 Å². The Balaban J connectivity index is 1.37. The molecule has 3 N–H and O–H groups in total. The molecule has 2 saturated carbocycles. The highest BCUT2D eigenvalue weighted by molar-refractivity contribution is 7.91. The van der Waals surface area contributed by atoms with Gasteiger partial charge in [-0.15, -0.1) is 0 Å². The zero-order valence-corrected chi connectivity index (χ0v) is 36.5. The van der Waals surface area contributed by atoms with Crippen molar-refractivity contribution in [3.05, 3.63) is 41.4 Å². The van der Waals surface area contributed by atoms with Gasteiger partial charge >= 0.3 is 12.3 Å². The number of methoxy groups -OCH3 is 1. The first-order valence-electron chi connectivity index (χ1n) is 20.3. The summed E-state index contributed by atoms with van der Waals surface area (Å²) in [6.45, 7) is 6.63. The molecule has 61 heavy (non-hydrogen) atoms. The van der Waals surface area contributed by atoms with Gasteiger partial charge < -0.3 is 34.5 Å². The molecule has 7 atom stereocenters. The molecule has 1 saturated heterocycles. The van der Waals surface area contributed by atoms with E-state index in [1.54, 1.807) is 37.3 Å². The SMILES string of the molecule is COCCOc1cc2c(Cl)cccc2c(O[C@@H]2C[C@H]3C(=O)N[C@]4(C(=O)NS(=O)(=O)C5(C)CC5)C[C@H]4/C=C\CC[C@H](C)C[C@@H](C)[C@H](NC(=O)OC(C)(C)C(F)(F)F)C(=O)N3C2)n1. The van der Waals surface area contributed by atoms with Crippen LogP contribution in [0.5, 0.6) is 11.8 Å². The number of fused-ring (bicyclic) bond motifs is 3. The molecule has 2 aliphatic heterocycles. The number of hydrogen-bond acceptors (Lipinski definition) is 11. The van der Waals surface area contributed by atoms with Crippen LogP contribution in [0.25, 0.3) is 10.8 Å². The second kappa shape index (κ2) is 17.4. The maximum absolute atomic E-state index is 14.9. The highest BCUT2D eigenvalue weighted by atomic mass is 35.5. The van der Waals surface area contributed by atoms with Gasteiger partial charge in [-0.3, -0.25) is 19.1 Å². The van der Waals surface area contributed by atoms with E-state index in [1.807, 2.05) is 13.0 Å². The molecule has 1 aromatic carbocycles. The van der Waals surface area contributed by atoms with Crippen LogP contribution in [0.2, 0.25) is 5.02 Å². The summed E-state index contributed by atoms with van der Waals surface area (Å²) in [5, 5.41) is 6.55. The van der Waals surface area contributed by atoms with E-state index in [0.29, 0.717) is 61.7 Å². The van der Waals surface area contributed by atoms with E-state index in [-0.39, 0.29) is 50.3 Å². The molecule has 2 aromatic rings. The van der Waals surface area contributed by atoms with Crippen molar-refractivity contribution in [2.24, 2.45) is 17.8 Å². The minimum atomic E-state index is -4.93. The zero-order valence-electron chi connectivity index (χ0n) is 34.9. The zero-order chi connectivity index (χ0) is 44.7. The molecule has 4 amide bonds. The maximum Gasteiger partial charge on any atom is 0.427 e. The lowest BCUT2D eigenvalue weighted by Crippen LogP contribution is -2.59. The van der Waals surface area contributed by atoms with Crippen LogP contribution in [0.1, 0.15) is 79.6 Å². The highest BCUT2D eigenvalue weighted by Crippen LogP contribution is 2.48. The fourth-order valence-electron chi connectivity index (χ4n) is 7.78. The average molecular weight is 900 g/mol. The van der Waals surface area contributed by atoms with Gasteiger partial charge in [0.15, 0.2) is 0 Å². The van der Waals surface area contributed by atoms with E-state index in [1.165, 1.54) is 14.0 Å². The summed E-state index contributed by atoms with van der Waals surface area (Å²) in [5.41, 5.74) is -4.58. The standard InChI is InChI=1S/C41H53ClF3N5O10S/c1-23-10-7-8-11-25-21-40(25,36(53)49-61(55,56)39(5)14-15-39)48-33(51)30-19-26(59-34-27-12-9-13-29(42)28(27)20-31(46-34)58-17-16-57-6)22-50(30)35(52)32(24(2)18-23)47-37(54)60-38(3,4)41(43,44)45/h8-9,11-13,20,23-26,30,32H,7,10,14-19,21-22H2,1-6H3,(H,47,54)(H,48,51)(H,49,53)/b11-8-/t23-,24+,25+,26+,30-,32-,40+/m0/s1. The Kier molecular flexibility index (Phi) is 13.2. The average Bonchev–Trinajstić information content (AvgIpc) is 4.05. The number of carbonyl (C=O) groups is 4. The third-order valence-corrected chi connectivity index (χ3v) is 14.6. The van der Waals surface area contributed by atoms with E-state index < -0.39 is 85.9 Å². The number of sulfonamides is 1. The number of alkyl halides is 3. The first-order chi connectivity index (χ1) is 28.5. The van der Waals surface area contributed by atoms with Gasteiger partial charge in [-0.1, -0.05) is 43.7 Å². The number of carbonyl (C=O) groups excluding carboxylic acids is 4. The number of nitrogens with one attached hydrogen (secondary N) is 3. The van der Waals surface area contributed by atoms with Crippen molar-refractivity contribution in [1.82, 2.24) is 25.2 Å². The Morgan fingerprint density at radius 2 is 1.82 bits per heavy atom. The lowest BCUT2D eigenvalue weighted by atomic mass is 9.88. The van der Waals surface area contributed by atoms with Crippen LogP contribution < -0.4 is 24.8 Å². The molecule has 1 aromatic heterocycles. The summed E-state index contributed by atoms with van der Waals surface area (Å²) in [5.74, 6) is -3.63. The van der Waals surface area contributed by atoms with Crippen molar-refractivity contribution in [1.29, 1.82) is 0 Å². The van der Waals surface area contributed by atoms with Crippen LogP contribution in [0.4, 0.5) is 18.0 Å². The number of rotatable bonds is 11. The Bertz CT molecular complexity index is 2170. The van der Waals surface area contributed by atoms with Gasteiger partial charge in [-0.05, 0) is 83.3 Å². The molecule has 0 bridgehead atoms. The number of aromatic nitrogens is 1. The third kappa shape index (κ3) is 9.98. The summed E-state index contributed by atoms with van der Waals surface area (Å²) in [7, 11) is -2.59. The van der Waals surface area contributed by atoms with Gasteiger partial charge in [0.2, 0.25) is 39.2 Å². The second-order valence-corrected chi connectivity index (χ2v) is 20.0.